The van der Waals surface area contributed by atoms with E-state index in [1.165, 1.54) is 6.07 Å². The van der Waals surface area contributed by atoms with Crippen LogP contribution in [0.1, 0.15) is 10.4 Å². The van der Waals surface area contributed by atoms with Crippen LogP contribution in [0, 0.1) is 0 Å². The van der Waals surface area contributed by atoms with Crippen molar-refractivity contribution < 1.29 is 14.6 Å². The summed E-state index contributed by atoms with van der Waals surface area (Å²) in [5.74, 6) is 0.0148. The first-order chi connectivity index (χ1) is 9.65. The molecule has 1 N–H and O–H groups in total. The van der Waals surface area contributed by atoms with Crippen molar-refractivity contribution in [3.63, 3.8) is 0 Å². The van der Waals surface area contributed by atoms with Gasteiger partial charge in [0.25, 0.3) is 0 Å². The predicted octanol–water partition coefficient (Wildman–Crippen LogP) is 5.15. The quantitative estimate of drug-likeness (QED) is 0.711. The van der Waals surface area contributed by atoms with Gasteiger partial charge in [0.05, 0.1) is 0 Å². The second-order valence-electron chi connectivity index (χ2n) is 4.14. The number of halogens is 1. The summed E-state index contributed by atoms with van der Waals surface area (Å²) in [5.41, 5.74) is 0.154. The first-order valence-electron chi connectivity index (χ1n) is 5.82. The zero-order chi connectivity index (χ0) is 14.1. The largest absolute Gasteiger partial charge is 0.478 e. The van der Waals surface area contributed by atoms with Gasteiger partial charge in [-0.15, -0.1) is 11.3 Å². The molecule has 100 valence electrons. The molecule has 0 aliphatic carbocycles. The minimum Gasteiger partial charge on any atom is -0.478 e. The molecule has 3 rings (SSSR count). The van der Waals surface area contributed by atoms with Crippen molar-refractivity contribution in [3.8, 4) is 11.5 Å². The van der Waals surface area contributed by atoms with Crippen molar-refractivity contribution in [2.24, 2.45) is 0 Å². The van der Waals surface area contributed by atoms with Gasteiger partial charge in [-0.1, -0.05) is 28.1 Å². The van der Waals surface area contributed by atoms with Gasteiger partial charge in [-0.2, -0.15) is 0 Å². The second kappa shape index (κ2) is 5.26. The molecule has 0 aliphatic heterocycles. The number of hydrogen-bond donors (Lipinski definition) is 1. The summed E-state index contributed by atoms with van der Waals surface area (Å²) in [7, 11) is 0. The Balaban J connectivity index is 2.06. The molecule has 0 aliphatic rings. The molecule has 0 radical (unpaired) electrons. The molecular weight excluding hydrogens is 340 g/mol. The van der Waals surface area contributed by atoms with Gasteiger partial charge in [0.2, 0.25) is 0 Å². The van der Waals surface area contributed by atoms with Crippen LogP contribution < -0.4 is 4.74 Å². The van der Waals surface area contributed by atoms with E-state index in [2.05, 4.69) is 15.9 Å². The topological polar surface area (TPSA) is 46.5 Å². The third-order valence-corrected chi connectivity index (χ3v) is 4.27. The highest BCUT2D eigenvalue weighted by Gasteiger charge is 2.13. The van der Waals surface area contributed by atoms with Gasteiger partial charge in [0, 0.05) is 19.9 Å². The Morgan fingerprint density at radius 3 is 2.75 bits per heavy atom. The molecule has 0 atom stereocenters. The molecule has 0 spiro atoms. The fourth-order valence-corrected chi connectivity index (χ4v) is 3.11. The zero-order valence-corrected chi connectivity index (χ0v) is 12.6. The van der Waals surface area contributed by atoms with Crippen molar-refractivity contribution in [1.29, 1.82) is 0 Å². The lowest BCUT2D eigenvalue weighted by molar-refractivity contribution is 0.0694. The number of thiophene rings is 1. The predicted molar refractivity (Wildman–Crippen MR) is 83.0 cm³/mol. The molecule has 0 saturated heterocycles. The summed E-state index contributed by atoms with van der Waals surface area (Å²) in [4.78, 5) is 11.2. The molecule has 2 aromatic carbocycles. The minimum atomic E-state index is -0.999. The summed E-state index contributed by atoms with van der Waals surface area (Å²) in [6.07, 6.45) is 0. The highest BCUT2D eigenvalue weighted by Crippen LogP contribution is 2.37. The van der Waals surface area contributed by atoms with E-state index < -0.39 is 5.97 Å². The van der Waals surface area contributed by atoms with Crippen LogP contribution in [0.5, 0.6) is 11.5 Å². The number of hydrogen-bond acceptors (Lipinski definition) is 3. The Morgan fingerprint density at radius 1 is 1.15 bits per heavy atom. The van der Waals surface area contributed by atoms with Crippen molar-refractivity contribution in [2.45, 2.75) is 0 Å². The van der Waals surface area contributed by atoms with Crippen LogP contribution in [0.25, 0.3) is 10.1 Å². The van der Waals surface area contributed by atoms with E-state index in [4.69, 9.17) is 9.84 Å². The first kappa shape index (κ1) is 13.1. The van der Waals surface area contributed by atoms with E-state index in [0.29, 0.717) is 11.5 Å². The van der Waals surface area contributed by atoms with Crippen LogP contribution in [0.4, 0.5) is 0 Å². The van der Waals surface area contributed by atoms with Gasteiger partial charge in [-0.3, -0.25) is 0 Å². The maximum atomic E-state index is 11.2. The maximum Gasteiger partial charge on any atom is 0.339 e. The maximum absolute atomic E-state index is 11.2. The Bertz CT molecular complexity index is 795. The number of fused-ring (bicyclic) bond motifs is 1. The molecule has 0 saturated carbocycles. The van der Waals surface area contributed by atoms with Crippen LogP contribution in [0.2, 0.25) is 0 Å². The molecule has 1 heterocycles. The average molecular weight is 349 g/mol. The normalized spacial score (nSPS) is 10.7. The number of ether oxygens (including phenoxy) is 1. The summed E-state index contributed by atoms with van der Waals surface area (Å²) in [6.45, 7) is 0. The molecule has 5 heteroatoms. The lowest BCUT2D eigenvalue weighted by atomic mass is 10.2. The van der Waals surface area contributed by atoms with Gasteiger partial charge in [0.1, 0.15) is 17.1 Å². The Morgan fingerprint density at radius 2 is 1.95 bits per heavy atom. The molecule has 3 aromatic rings. The zero-order valence-electron chi connectivity index (χ0n) is 10.2. The Labute approximate surface area is 127 Å². The van der Waals surface area contributed by atoms with E-state index in [-0.39, 0.29) is 5.56 Å². The summed E-state index contributed by atoms with van der Waals surface area (Å²) < 4.78 is 7.84. The number of carbonyl (C=O) groups is 1. The van der Waals surface area contributed by atoms with E-state index in [1.807, 2.05) is 23.6 Å². The van der Waals surface area contributed by atoms with Gasteiger partial charge < -0.3 is 9.84 Å². The lowest BCUT2D eigenvalue weighted by Gasteiger charge is -2.07. The third kappa shape index (κ3) is 2.42. The minimum absolute atomic E-state index is 0.154. The van der Waals surface area contributed by atoms with E-state index >= 15 is 0 Å². The van der Waals surface area contributed by atoms with E-state index in [1.54, 1.807) is 29.5 Å². The van der Waals surface area contributed by atoms with Gasteiger partial charge in [0.15, 0.2) is 0 Å². The molecule has 3 nitrogen and oxygen atoms in total. The number of para-hydroxylation sites is 1. The van der Waals surface area contributed by atoms with Crippen molar-refractivity contribution in [2.75, 3.05) is 0 Å². The molecule has 0 bridgehead atoms. The molecule has 1 aromatic heterocycles. The van der Waals surface area contributed by atoms with Gasteiger partial charge >= 0.3 is 5.97 Å². The first-order valence-corrected chi connectivity index (χ1v) is 7.49. The Hall–Kier alpha value is -1.85. The van der Waals surface area contributed by atoms with Crippen molar-refractivity contribution in [3.05, 3.63) is 57.9 Å². The average Bonchev–Trinajstić information content (AvgIpc) is 2.82. The Kier molecular flexibility index (Phi) is 3.46. The fraction of sp³-hybridized carbons (Fsp3) is 0. The molecular formula is C15H9BrO3S. The number of carboxylic acids is 1. The fourth-order valence-electron chi connectivity index (χ4n) is 1.91. The molecule has 0 amide bonds. The summed E-state index contributed by atoms with van der Waals surface area (Å²) >= 11 is 4.99. The third-order valence-electron chi connectivity index (χ3n) is 2.84. The number of rotatable bonds is 3. The van der Waals surface area contributed by atoms with E-state index in [9.17, 15) is 4.79 Å². The number of benzene rings is 2. The van der Waals surface area contributed by atoms with Crippen LogP contribution in [-0.2, 0) is 0 Å². The standard InChI is InChI=1S/C15H9BrO3S/c16-9-5-6-14-11(7-9)13(8-20-14)19-12-4-2-1-3-10(12)15(17)18/h1-8H,(H,17,18). The van der Waals surface area contributed by atoms with Crippen LogP contribution >= 0.6 is 27.3 Å². The van der Waals surface area contributed by atoms with Crippen LogP contribution in [-0.4, -0.2) is 11.1 Å². The van der Waals surface area contributed by atoms with Crippen molar-refractivity contribution >= 4 is 43.3 Å². The smallest absolute Gasteiger partial charge is 0.339 e. The molecule has 0 unspecified atom stereocenters. The number of carboxylic acid groups (broad SMARTS) is 1. The molecule has 0 fully saturated rings. The van der Waals surface area contributed by atoms with Crippen LogP contribution in [0.3, 0.4) is 0 Å². The SMILES string of the molecule is O=C(O)c1ccccc1Oc1csc2ccc(Br)cc12. The monoisotopic (exact) mass is 348 g/mol. The van der Waals surface area contributed by atoms with Crippen LogP contribution in [0.15, 0.2) is 52.3 Å². The highest BCUT2D eigenvalue weighted by molar-refractivity contribution is 9.10. The lowest BCUT2D eigenvalue weighted by Crippen LogP contribution is -1.99. The number of aromatic carboxylic acids is 1. The second-order valence-corrected chi connectivity index (χ2v) is 5.97. The summed E-state index contributed by atoms with van der Waals surface area (Å²) in [5, 5.41) is 12.0. The van der Waals surface area contributed by atoms with E-state index in [0.717, 1.165) is 14.6 Å². The van der Waals surface area contributed by atoms with Crippen molar-refractivity contribution in [1.82, 2.24) is 0 Å². The van der Waals surface area contributed by atoms with Gasteiger partial charge in [-0.25, -0.2) is 4.79 Å². The highest BCUT2D eigenvalue weighted by atomic mass is 79.9. The molecule has 20 heavy (non-hydrogen) atoms. The summed E-state index contributed by atoms with van der Waals surface area (Å²) in [6, 6.07) is 12.6. The van der Waals surface area contributed by atoms with Gasteiger partial charge in [-0.05, 0) is 30.3 Å².